The van der Waals surface area contributed by atoms with Gasteiger partial charge in [0.25, 0.3) is 11.1 Å². The van der Waals surface area contributed by atoms with E-state index in [-0.39, 0.29) is 23.3 Å². The molecule has 9 heteroatoms. The van der Waals surface area contributed by atoms with Gasteiger partial charge in [-0.15, -0.1) is 11.3 Å². The molecule has 0 bridgehead atoms. The summed E-state index contributed by atoms with van der Waals surface area (Å²) in [5.41, 5.74) is -1.81. The van der Waals surface area contributed by atoms with Gasteiger partial charge < -0.3 is 10.1 Å². The van der Waals surface area contributed by atoms with E-state index in [1.54, 1.807) is 12.1 Å². The van der Waals surface area contributed by atoms with Crippen LogP contribution in [0.4, 0.5) is 0 Å². The predicted molar refractivity (Wildman–Crippen MR) is 81.2 cm³/mol. The van der Waals surface area contributed by atoms with Crippen molar-refractivity contribution in [2.45, 2.75) is 12.5 Å². The Bertz CT molecular complexity index is 1000. The van der Waals surface area contributed by atoms with Crippen molar-refractivity contribution >= 4 is 22.5 Å². The van der Waals surface area contributed by atoms with Crippen LogP contribution in [-0.4, -0.2) is 24.6 Å². The molecule has 3 aromatic rings. The molecule has 0 aliphatic rings. The van der Waals surface area contributed by atoms with E-state index in [1.165, 1.54) is 18.4 Å². The molecule has 0 fully saturated rings. The van der Waals surface area contributed by atoms with Crippen LogP contribution in [0.2, 0.25) is 0 Å². The van der Waals surface area contributed by atoms with E-state index in [1.807, 2.05) is 5.38 Å². The molecular formula is C13H12N4O4S. The first-order valence-corrected chi connectivity index (χ1v) is 7.29. The van der Waals surface area contributed by atoms with Crippen molar-refractivity contribution in [2.75, 3.05) is 0 Å². The minimum Gasteiger partial charge on any atom is -0.387 e. The van der Waals surface area contributed by atoms with Crippen molar-refractivity contribution in [1.82, 2.24) is 19.5 Å². The van der Waals surface area contributed by atoms with Crippen LogP contribution in [0.15, 0.2) is 31.9 Å². The molecule has 3 heterocycles. The zero-order chi connectivity index (χ0) is 15.9. The maximum Gasteiger partial charge on any atom is 0.329 e. The number of hydrogen-bond donors (Lipinski definition) is 3. The minimum absolute atomic E-state index is 0.0198. The Morgan fingerprint density at radius 3 is 2.77 bits per heavy atom. The summed E-state index contributed by atoms with van der Waals surface area (Å²) in [6.07, 6.45) is -0.897. The van der Waals surface area contributed by atoms with Gasteiger partial charge in [0.1, 0.15) is 11.3 Å². The molecule has 0 saturated carbocycles. The van der Waals surface area contributed by atoms with Crippen molar-refractivity contribution < 1.29 is 5.11 Å². The molecule has 0 aliphatic carbocycles. The zero-order valence-electron chi connectivity index (χ0n) is 11.5. The summed E-state index contributed by atoms with van der Waals surface area (Å²) in [5, 5.41) is 11.9. The number of aromatic nitrogens is 4. The minimum atomic E-state index is -0.877. The van der Waals surface area contributed by atoms with Gasteiger partial charge in [0.15, 0.2) is 5.52 Å². The van der Waals surface area contributed by atoms with E-state index in [9.17, 15) is 19.5 Å². The van der Waals surface area contributed by atoms with Crippen LogP contribution in [0.1, 0.15) is 16.7 Å². The number of H-pyrrole nitrogens is 2. The second kappa shape index (κ2) is 5.35. The van der Waals surface area contributed by atoms with Crippen molar-refractivity contribution in [1.29, 1.82) is 0 Å². The fourth-order valence-electron chi connectivity index (χ4n) is 2.12. The largest absolute Gasteiger partial charge is 0.387 e. The SMILES string of the molecule is Cn1c(=O)[nH]c(=O)c2nc(CC(O)c3cccs3)c(=O)[nH]c21. The van der Waals surface area contributed by atoms with Crippen LogP contribution in [0.5, 0.6) is 0 Å². The van der Waals surface area contributed by atoms with Gasteiger partial charge in [-0.1, -0.05) is 6.07 Å². The van der Waals surface area contributed by atoms with E-state index in [0.717, 1.165) is 4.57 Å². The van der Waals surface area contributed by atoms with Gasteiger partial charge in [-0.05, 0) is 11.4 Å². The number of nitrogens with one attached hydrogen (secondary N) is 2. The molecule has 3 N–H and O–H groups in total. The van der Waals surface area contributed by atoms with Crippen LogP contribution in [0, 0.1) is 0 Å². The second-order valence-corrected chi connectivity index (χ2v) is 5.74. The highest BCUT2D eigenvalue weighted by Crippen LogP contribution is 2.21. The number of rotatable bonds is 3. The van der Waals surface area contributed by atoms with Gasteiger partial charge in [0.2, 0.25) is 0 Å². The molecule has 0 spiro atoms. The Balaban J connectivity index is 2.12. The molecule has 114 valence electrons. The Hall–Kier alpha value is -2.52. The van der Waals surface area contributed by atoms with Gasteiger partial charge in [-0.2, -0.15) is 0 Å². The van der Waals surface area contributed by atoms with E-state index < -0.39 is 22.9 Å². The van der Waals surface area contributed by atoms with Gasteiger partial charge in [0, 0.05) is 18.3 Å². The van der Waals surface area contributed by atoms with Crippen LogP contribution >= 0.6 is 11.3 Å². The number of aliphatic hydroxyl groups excluding tert-OH is 1. The monoisotopic (exact) mass is 320 g/mol. The molecule has 0 saturated heterocycles. The first-order valence-electron chi connectivity index (χ1n) is 6.41. The van der Waals surface area contributed by atoms with Gasteiger partial charge in [-0.25, -0.2) is 9.78 Å². The number of aromatic amines is 2. The Labute approximate surface area is 126 Å². The summed E-state index contributed by atoms with van der Waals surface area (Å²) < 4.78 is 1.10. The Kier molecular flexibility index (Phi) is 3.51. The zero-order valence-corrected chi connectivity index (χ0v) is 12.3. The van der Waals surface area contributed by atoms with Crippen molar-refractivity contribution in [3.63, 3.8) is 0 Å². The number of aryl methyl sites for hydroxylation is 1. The fourth-order valence-corrected chi connectivity index (χ4v) is 2.84. The average molecular weight is 320 g/mol. The van der Waals surface area contributed by atoms with E-state index in [4.69, 9.17) is 0 Å². The summed E-state index contributed by atoms with van der Waals surface area (Å²) in [6, 6.07) is 3.54. The topological polar surface area (TPSA) is 121 Å². The molecule has 0 radical (unpaired) electrons. The number of nitrogens with zero attached hydrogens (tertiary/aromatic N) is 2. The van der Waals surface area contributed by atoms with Crippen molar-refractivity contribution in [3.8, 4) is 0 Å². The molecule has 0 aliphatic heterocycles. The Morgan fingerprint density at radius 1 is 1.32 bits per heavy atom. The summed E-state index contributed by atoms with van der Waals surface area (Å²) in [7, 11) is 1.42. The quantitative estimate of drug-likeness (QED) is 0.609. The highest BCUT2D eigenvalue weighted by Gasteiger charge is 2.16. The van der Waals surface area contributed by atoms with Crippen LogP contribution in [0.3, 0.4) is 0 Å². The third kappa shape index (κ3) is 2.40. The highest BCUT2D eigenvalue weighted by atomic mass is 32.1. The van der Waals surface area contributed by atoms with Crippen molar-refractivity contribution in [2.24, 2.45) is 7.05 Å². The normalized spacial score (nSPS) is 12.6. The number of hydrogen-bond acceptors (Lipinski definition) is 6. The number of thiophene rings is 1. The van der Waals surface area contributed by atoms with Crippen LogP contribution < -0.4 is 16.8 Å². The molecule has 0 amide bonds. The lowest BCUT2D eigenvalue weighted by atomic mass is 10.1. The van der Waals surface area contributed by atoms with Crippen LogP contribution in [0.25, 0.3) is 11.2 Å². The number of fused-ring (bicyclic) bond motifs is 1. The van der Waals surface area contributed by atoms with Gasteiger partial charge in [-0.3, -0.25) is 19.1 Å². The average Bonchev–Trinajstić information content (AvgIpc) is 3.00. The maximum absolute atomic E-state index is 12.1. The van der Waals surface area contributed by atoms with Gasteiger partial charge >= 0.3 is 5.69 Å². The first-order chi connectivity index (χ1) is 10.5. The van der Waals surface area contributed by atoms with Crippen LogP contribution in [-0.2, 0) is 13.5 Å². The molecule has 8 nitrogen and oxygen atoms in total. The first kappa shape index (κ1) is 14.4. The van der Waals surface area contributed by atoms with E-state index in [0.29, 0.717) is 4.88 Å². The summed E-state index contributed by atoms with van der Waals surface area (Å²) in [5.74, 6) is 0. The lowest BCUT2D eigenvalue weighted by molar-refractivity contribution is 0.180. The molecule has 22 heavy (non-hydrogen) atoms. The van der Waals surface area contributed by atoms with Crippen molar-refractivity contribution in [3.05, 3.63) is 59.3 Å². The lowest BCUT2D eigenvalue weighted by Gasteiger charge is -2.08. The van der Waals surface area contributed by atoms with E-state index in [2.05, 4.69) is 15.0 Å². The fraction of sp³-hybridized carbons (Fsp3) is 0.231. The molecule has 3 rings (SSSR count). The summed E-state index contributed by atoms with van der Waals surface area (Å²) in [4.78, 5) is 44.7. The molecule has 1 unspecified atom stereocenters. The Morgan fingerprint density at radius 2 is 2.09 bits per heavy atom. The standard InChI is InChI=1S/C13H12N4O4S/c1-17-10-9(12(20)16-13(17)21)14-6(11(19)15-10)5-7(18)8-3-2-4-22-8/h2-4,7,18H,5H2,1H3,(H,15,19)(H,16,20,21). The molecule has 1 atom stereocenters. The smallest absolute Gasteiger partial charge is 0.329 e. The summed E-state index contributed by atoms with van der Waals surface area (Å²) in [6.45, 7) is 0. The third-order valence-electron chi connectivity index (χ3n) is 3.30. The highest BCUT2D eigenvalue weighted by molar-refractivity contribution is 7.10. The van der Waals surface area contributed by atoms with Gasteiger partial charge in [0.05, 0.1) is 6.10 Å². The molecule has 3 aromatic heterocycles. The summed E-state index contributed by atoms with van der Waals surface area (Å²) >= 11 is 1.36. The second-order valence-electron chi connectivity index (χ2n) is 4.76. The third-order valence-corrected chi connectivity index (χ3v) is 4.27. The lowest BCUT2D eigenvalue weighted by Crippen LogP contribution is -2.32. The molecular weight excluding hydrogens is 308 g/mol. The molecule has 0 aromatic carbocycles. The maximum atomic E-state index is 12.1. The number of aliphatic hydroxyl groups is 1. The van der Waals surface area contributed by atoms with E-state index >= 15 is 0 Å². The predicted octanol–water partition coefficient (Wildman–Crippen LogP) is -0.352.